The molecular weight excluding hydrogens is 458 g/mol. The second kappa shape index (κ2) is 9.73. The van der Waals surface area contributed by atoms with E-state index in [-0.39, 0.29) is 6.04 Å². The summed E-state index contributed by atoms with van der Waals surface area (Å²) in [5.41, 5.74) is 2.88. The zero-order chi connectivity index (χ0) is 24.4. The van der Waals surface area contributed by atoms with Gasteiger partial charge in [-0.25, -0.2) is 18.4 Å². The van der Waals surface area contributed by atoms with Crippen LogP contribution in [0.15, 0.2) is 83.8 Å². The largest absolute Gasteiger partial charge is 0.340 e. The van der Waals surface area contributed by atoms with E-state index in [0.717, 1.165) is 33.8 Å². The van der Waals surface area contributed by atoms with Crippen LogP contribution in [-0.2, 0) is 10.0 Å². The van der Waals surface area contributed by atoms with Gasteiger partial charge in [0.05, 0.1) is 16.5 Å². The van der Waals surface area contributed by atoms with E-state index < -0.39 is 10.0 Å². The molecular formula is C27H29N5O2S. The fourth-order valence-corrected chi connectivity index (χ4v) is 5.81. The summed E-state index contributed by atoms with van der Waals surface area (Å²) in [6, 6.07) is 24.9. The van der Waals surface area contributed by atoms with Crippen molar-refractivity contribution in [3.63, 3.8) is 0 Å². The van der Waals surface area contributed by atoms with E-state index in [1.165, 1.54) is 0 Å². The first-order valence-electron chi connectivity index (χ1n) is 11.8. The molecule has 1 fully saturated rings. The molecule has 1 unspecified atom stereocenters. The van der Waals surface area contributed by atoms with E-state index in [4.69, 9.17) is 9.97 Å². The number of para-hydroxylation sites is 2. The van der Waals surface area contributed by atoms with Crippen LogP contribution in [0, 0.1) is 6.92 Å². The quantitative estimate of drug-likeness (QED) is 0.423. The number of hydrogen-bond donors (Lipinski definition) is 1. The molecule has 1 aromatic heterocycles. The summed E-state index contributed by atoms with van der Waals surface area (Å²) in [6.45, 7) is 6.13. The summed E-state index contributed by atoms with van der Waals surface area (Å²) in [7, 11) is -3.50. The summed E-state index contributed by atoms with van der Waals surface area (Å²) in [5, 5.41) is 4.40. The molecule has 180 valence electrons. The van der Waals surface area contributed by atoms with E-state index in [1.54, 1.807) is 16.4 Å². The molecule has 0 aliphatic carbocycles. The van der Waals surface area contributed by atoms with E-state index in [2.05, 4.69) is 17.1 Å². The van der Waals surface area contributed by atoms with Gasteiger partial charge in [-0.1, -0.05) is 48.0 Å². The number of nitrogens with zero attached hydrogens (tertiary/aromatic N) is 4. The highest BCUT2D eigenvalue weighted by atomic mass is 32.2. The maximum Gasteiger partial charge on any atom is 0.243 e. The van der Waals surface area contributed by atoms with Crippen molar-refractivity contribution in [3.8, 4) is 0 Å². The molecule has 1 aliphatic rings. The number of aromatic nitrogens is 2. The summed E-state index contributed by atoms with van der Waals surface area (Å²) in [4.78, 5) is 12.3. The Morgan fingerprint density at radius 3 is 2.20 bits per heavy atom. The normalized spacial score (nSPS) is 16.3. The minimum atomic E-state index is -3.50. The monoisotopic (exact) mass is 487 g/mol. The molecule has 7 nitrogen and oxygen atoms in total. The third-order valence-corrected chi connectivity index (χ3v) is 8.42. The van der Waals surface area contributed by atoms with Crippen LogP contribution >= 0.6 is 0 Å². The molecule has 1 atom stereocenters. The summed E-state index contributed by atoms with van der Waals surface area (Å²) >= 11 is 0. The van der Waals surface area contributed by atoms with Gasteiger partial charge in [0.1, 0.15) is 11.6 Å². The fourth-order valence-electron chi connectivity index (χ4n) is 4.39. The van der Waals surface area contributed by atoms with Crippen molar-refractivity contribution in [3.05, 3.63) is 90.3 Å². The zero-order valence-electron chi connectivity index (χ0n) is 19.9. The first kappa shape index (κ1) is 23.4. The van der Waals surface area contributed by atoms with Crippen molar-refractivity contribution >= 4 is 32.4 Å². The standard InChI is InChI=1S/C27H29N5O2S/c1-20-12-14-23(15-13-20)35(33,34)32-18-16-31(17-19-32)21(2)26-29-25-11-7-6-10-24(25)27(30-26)28-22-8-4-3-5-9-22/h3-15,21H,16-19H2,1-2H3,(H,28,29,30). The van der Waals surface area contributed by atoms with Crippen molar-refractivity contribution in [2.45, 2.75) is 24.8 Å². The Labute approximate surface area is 206 Å². The lowest BCUT2D eigenvalue weighted by molar-refractivity contribution is 0.141. The van der Waals surface area contributed by atoms with Gasteiger partial charge in [0.25, 0.3) is 0 Å². The molecule has 1 saturated heterocycles. The predicted octanol–water partition coefficient (Wildman–Crippen LogP) is 4.75. The number of nitrogens with one attached hydrogen (secondary N) is 1. The first-order chi connectivity index (χ1) is 16.9. The molecule has 1 aliphatic heterocycles. The van der Waals surface area contributed by atoms with E-state index in [1.807, 2.05) is 73.7 Å². The molecule has 2 heterocycles. The van der Waals surface area contributed by atoms with Crippen molar-refractivity contribution in [1.82, 2.24) is 19.2 Å². The molecule has 8 heteroatoms. The molecule has 0 bridgehead atoms. The van der Waals surface area contributed by atoms with Gasteiger partial charge in [0.15, 0.2) is 0 Å². The highest BCUT2D eigenvalue weighted by Gasteiger charge is 2.31. The van der Waals surface area contributed by atoms with Gasteiger partial charge in [-0.3, -0.25) is 4.90 Å². The molecule has 3 aromatic carbocycles. The summed E-state index contributed by atoms with van der Waals surface area (Å²) in [5.74, 6) is 1.49. The first-order valence-corrected chi connectivity index (χ1v) is 13.3. The van der Waals surface area contributed by atoms with Gasteiger partial charge in [0, 0.05) is 37.3 Å². The Morgan fingerprint density at radius 1 is 0.829 bits per heavy atom. The number of anilines is 2. The SMILES string of the molecule is Cc1ccc(S(=O)(=O)N2CCN(C(C)c3nc(Nc4ccccc4)c4ccccc4n3)CC2)cc1. The molecule has 1 N–H and O–H groups in total. The van der Waals surface area contributed by atoms with E-state index in [0.29, 0.717) is 31.1 Å². The average molecular weight is 488 g/mol. The molecule has 0 amide bonds. The molecule has 5 rings (SSSR count). The van der Waals surface area contributed by atoms with Crippen molar-refractivity contribution in [1.29, 1.82) is 0 Å². The lowest BCUT2D eigenvalue weighted by Crippen LogP contribution is -2.49. The summed E-state index contributed by atoms with van der Waals surface area (Å²) < 4.78 is 27.7. The van der Waals surface area contributed by atoms with Gasteiger partial charge in [-0.05, 0) is 50.2 Å². The van der Waals surface area contributed by atoms with Crippen LogP contribution in [-0.4, -0.2) is 53.8 Å². The smallest absolute Gasteiger partial charge is 0.243 e. The second-order valence-corrected chi connectivity index (χ2v) is 10.8. The number of fused-ring (bicyclic) bond motifs is 1. The van der Waals surface area contributed by atoms with Crippen LogP contribution in [0.4, 0.5) is 11.5 Å². The van der Waals surface area contributed by atoms with Gasteiger partial charge in [0.2, 0.25) is 10.0 Å². The highest BCUT2D eigenvalue weighted by Crippen LogP contribution is 2.28. The van der Waals surface area contributed by atoms with Crippen LogP contribution in [0.2, 0.25) is 0 Å². The number of benzene rings is 3. The number of piperazine rings is 1. The maximum atomic E-state index is 13.1. The van der Waals surface area contributed by atoms with Crippen LogP contribution in [0.25, 0.3) is 10.9 Å². The molecule has 0 radical (unpaired) electrons. The number of sulfonamides is 1. The van der Waals surface area contributed by atoms with Crippen LogP contribution in [0.1, 0.15) is 24.4 Å². The Balaban J connectivity index is 1.35. The minimum Gasteiger partial charge on any atom is -0.340 e. The van der Waals surface area contributed by atoms with Gasteiger partial charge >= 0.3 is 0 Å². The third-order valence-electron chi connectivity index (χ3n) is 6.51. The maximum absolute atomic E-state index is 13.1. The van der Waals surface area contributed by atoms with Gasteiger partial charge < -0.3 is 5.32 Å². The third kappa shape index (κ3) is 4.91. The van der Waals surface area contributed by atoms with E-state index in [9.17, 15) is 8.42 Å². The zero-order valence-corrected chi connectivity index (χ0v) is 20.7. The Morgan fingerprint density at radius 2 is 1.49 bits per heavy atom. The minimum absolute atomic E-state index is 0.0554. The van der Waals surface area contributed by atoms with E-state index >= 15 is 0 Å². The lowest BCUT2D eigenvalue weighted by Gasteiger charge is -2.36. The fraction of sp³-hybridized carbons (Fsp3) is 0.259. The topological polar surface area (TPSA) is 78.4 Å². The van der Waals surface area contributed by atoms with Crippen molar-refractivity contribution in [2.24, 2.45) is 0 Å². The number of hydrogen-bond acceptors (Lipinski definition) is 6. The Kier molecular flexibility index (Phi) is 6.51. The average Bonchev–Trinajstić information content (AvgIpc) is 2.89. The number of rotatable bonds is 6. The van der Waals surface area contributed by atoms with Crippen molar-refractivity contribution < 1.29 is 8.42 Å². The highest BCUT2D eigenvalue weighted by molar-refractivity contribution is 7.89. The van der Waals surface area contributed by atoms with Gasteiger partial charge in [-0.2, -0.15) is 4.31 Å². The molecule has 0 saturated carbocycles. The van der Waals surface area contributed by atoms with Crippen molar-refractivity contribution in [2.75, 3.05) is 31.5 Å². The van der Waals surface area contributed by atoms with Crippen LogP contribution in [0.3, 0.4) is 0 Å². The predicted molar refractivity (Wildman–Crippen MR) is 139 cm³/mol. The molecule has 0 spiro atoms. The Bertz CT molecular complexity index is 1420. The molecule has 4 aromatic rings. The molecule has 35 heavy (non-hydrogen) atoms. The van der Waals surface area contributed by atoms with Crippen LogP contribution in [0.5, 0.6) is 0 Å². The van der Waals surface area contributed by atoms with Crippen LogP contribution < -0.4 is 5.32 Å². The van der Waals surface area contributed by atoms with Gasteiger partial charge in [-0.15, -0.1) is 0 Å². The second-order valence-electron chi connectivity index (χ2n) is 8.87. The number of aryl methyl sites for hydroxylation is 1. The lowest BCUT2D eigenvalue weighted by atomic mass is 10.2. The Hall–Kier alpha value is -3.33. The summed E-state index contributed by atoms with van der Waals surface area (Å²) in [6.07, 6.45) is 0.